The van der Waals surface area contributed by atoms with Gasteiger partial charge in [-0.15, -0.1) is 16.8 Å². The summed E-state index contributed by atoms with van der Waals surface area (Å²) in [6.45, 7) is 6.28. The van der Waals surface area contributed by atoms with Gasteiger partial charge < -0.3 is 4.74 Å². The summed E-state index contributed by atoms with van der Waals surface area (Å²) in [4.78, 5) is 12.8. The molecular formula is C21H21N3O2S. The van der Waals surface area contributed by atoms with Gasteiger partial charge in [-0.3, -0.25) is 9.36 Å². The molecule has 0 bridgehead atoms. The van der Waals surface area contributed by atoms with Gasteiger partial charge in [-0.05, 0) is 31.2 Å². The van der Waals surface area contributed by atoms with Gasteiger partial charge in [0.25, 0.3) is 0 Å². The minimum Gasteiger partial charge on any atom is -0.497 e. The Bertz CT molecular complexity index is 920. The van der Waals surface area contributed by atoms with E-state index in [1.807, 2.05) is 41.8 Å². The van der Waals surface area contributed by atoms with Crippen LogP contribution in [0.3, 0.4) is 0 Å². The molecule has 0 N–H and O–H groups in total. The lowest BCUT2D eigenvalue weighted by Crippen LogP contribution is -2.14. The number of Topliss-reactive ketones (excluding diaryl/α,β-unsaturated/α-hetero) is 1. The van der Waals surface area contributed by atoms with E-state index < -0.39 is 0 Å². The molecule has 138 valence electrons. The number of carbonyl (C=O) groups is 1. The molecule has 0 saturated heterocycles. The van der Waals surface area contributed by atoms with Crippen LogP contribution in [0.15, 0.2) is 72.4 Å². The molecule has 0 spiro atoms. The molecule has 1 atom stereocenters. The van der Waals surface area contributed by atoms with Crippen molar-refractivity contribution in [2.24, 2.45) is 0 Å². The van der Waals surface area contributed by atoms with E-state index in [1.165, 1.54) is 11.8 Å². The number of ketones is 1. The first kappa shape index (κ1) is 18.9. The van der Waals surface area contributed by atoms with Gasteiger partial charge in [-0.1, -0.05) is 48.2 Å². The van der Waals surface area contributed by atoms with Crippen LogP contribution in [0, 0.1) is 0 Å². The predicted octanol–water partition coefficient (Wildman–Crippen LogP) is 4.50. The van der Waals surface area contributed by atoms with E-state index in [1.54, 1.807) is 37.5 Å². The average molecular weight is 379 g/mol. The summed E-state index contributed by atoms with van der Waals surface area (Å²) >= 11 is 1.40. The summed E-state index contributed by atoms with van der Waals surface area (Å²) in [6.07, 6.45) is 1.80. The molecule has 0 aliphatic carbocycles. The first-order valence-corrected chi connectivity index (χ1v) is 9.46. The van der Waals surface area contributed by atoms with E-state index in [0.29, 0.717) is 17.3 Å². The van der Waals surface area contributed by atoms with Crippen molar-refractivity contribution in [3.05, 3.63) is 72.8 Å². The number of thioether (sulfide) groups is 1. The molecule has 1 aromatic heterocycles. The van der Waals surface area contributed by atoms with E-state index >= 15 is 0 Å². The Morgan fingerprint density at radius 3 is 2.52 bits per heavy atom. The second-order valence-corrected chi connectivity index (χ2v) is 7.23. The van der Waals surface area contributed by atoms with Gasteiger partial charge in [0, 0.05) is 17.7 Å². The third kappa shape index (κ3) is 4.28. The second-order valence-electron chi connectivity index (χ2n) is 5.92. The molecule has 2 aromatic carbocycles. The van der Waals surface area contributed by atoms with Gasteiger partial charge in [-0.2, -0.15) is 0 Å². The molecule has 1 heterocycles. The molecule has 0 aliphatic rings. The SMILES string of the molecule is C=CCn1c(S[C@@H](C)C(=O)c2ccc(OC)cc2)nnc1-c1ccccc1. The molecule has 0 aliphatic heterocycles. The van der Waals surface area contributed by atoms with Crippen LogP contribution in [0.25, 0.3) is 11.4 Å². The molecule has 3 rings (SSSR count). The van der Waals surface area contributed by atoms with Gasteiger partial charge >= 0.3 is 0 Å². The third-order valence-electron chi connectivity index (χ3n) is 4.09. The van der Waals surface area contributed by atoms with Crippen molar-refractivity contribution in [1.29, 1.82) is 0 Å². The summed E-state index contributed by atoms with van der Waals surface area (Å²) in [5.74, 6) is 1.53. The second kappa shape index (κ2) is 8.68. The van der Waals surface area contributed by atoms with E-state index in [2.05, 4.69) is 16.8 Å². The molecule has 27 heavy (non-hydrogen) atoms. The molecule has 5 nitrogen and oxygen atoms in total. The number of allylic oxidation sites excluding steroid dienone is 1. The Hall–Kier alpha value is -2.86. The lowest BCUT2D eigenvalue weighted by Gasteiger charge is -2.12. The molecule has 0 saturated carbocycles. The van der Waals surface area contributed by atoms with Crippen molar-refractivity contribution in [3.8, 4) is 17.1 Å². The highest BCUT2D eigenvalue weighted by molar-refractivity contribution is 8.00. The normalized spacial score (nSPS) is 11.8. The van der Waals surface area contributed by atoms with Crippen LogP contribution < -0.4 is 4.74 Å². The Kier molecular flexibility index (Phi) is 6.08. The van der Waals surface area contributed by atoms with Crippen LogP contribution in [0.5, 0.6) is 5.75 Å². The van der Waals surface area contributed by atoms with Crippen LogP contribution >= 0.6 is 11.8 Å². The highest BCUT2D eigenvalue weighted by atomic mass is 32.2. The Morgan fingerprint density at radius 1 is 1.19 bits per heavy atom. The zero-order valence-electron chi connectivity index (χ0n) is 15.3. The maximum Gasteiger partial charge on any atom is 0.192 e. The quantitative estimate of drug-likeness (QED) is 0.328. The van der Waals surface area contributed by atoms with Gasteiger partial charge in [0.15, 0.2) is 16.8 Å². The Balaban J connectivity index is 1.82. The van der Waals surface area contributed by atoms with Crippen molar-refractivity contribution in [2.45, 2.75) is 23.9 Å². The average Bonchev–Trinajstić information content (AvgIpc) is 3.10. The van der Waals surface area contributed by atoms with Crippen LogP contribution in [0.4, 0.5) is 0 Å². The molecule has 0 unspecified atom stereocenters. The smallest absolute Gasteiger partial charge is 0.192 e. The zero-order valence-corrected chi connectivity index (χ0v) is 16.1. The standard InChI is InChI=1S/C21H21N3O2S/c1-4-14-24-20(17-8-6-5-7-9-17)22-23-21(24)27-15(2)19(25)16-10-12-18(26-3)13-11-16/h4-13,15H,1,14H2,2-3H3/t15-/m0/s1. The maximum absolute atomic E-state index is 12.8. The Morgan fingerprint density at radius 2 is 1.89 bits per heavy atom. The van der Waals surface area contributed by atoms with Crippen LogP contribution in [0.2, 0.25) is 0 Å². The molecule has 6 heteroatoms. The summed E-state index contributed by atoms with van der Waals surface area (Å²) in [6, 6.07) is 17.0. The van der Waals surface area contributed by atoms with Gasteiger partial charge in [-0.25, -0.2) is 0 Å². The highest BCUT2D eigenvalue weighted by Crippen LogP contribution is 2.28. The fourth-order valence-electron chi connectivity index (χ4n) is 2.67. The van der Waals surface area contributed by atoms with Crippen LogP contribution in [-0.2, 0) is 6.54 Å². The van der Waals surface area contributed by atoms with Crippen molar-refractivity contribution in [2.75, 3.05) is 7.11 Å². The van der Waals surface area contributed by atoms with Crippen molar-refractivity contribution in [1.82, 2.24) is 14.8 Å². The molecule has 0 fully saturated rings. The number of hydrogen-bond donors (Lipinski definition) is 0. The fourth-order valence-corrected chi connectivity index (χ4v) is 3.61. The monoisotopic (exact) mass is 379 g/mol. The summed E-state index contributed by atoms with van der Waals surface area (Å²) < 4.78 is 7.12. The molecular weight excluding hydrogens is 358 g/mol. The van der Waals surface area contributed by atoms with Gasteiger partial charge in [0.05, 0.1) is 12.4 Å². The molecule has 3 aromatic rings. The first-order chi connectivity index (χ1) is 13.1. The number of ether oxygens (including phenoxy) is 1. The van der Waals surface area contributed by atoms with Crippen molar-refractivity contribution in [3.63, 3.8) is 0 Å². The number of benzene rings is 2. The minimum atomic E-state index is -0.296. The van der Waals surface area contributed by atoms with E-state index in [-0.39, 0.29) is 11.0 Å². The largest absolute Gasteiger partial charge is 0.497 e. The highest BCUT2D eigenvalue weighted by Gasteiger charge is 2.21. The van der Waals surface area contributed by atoms with Crippen molar-refractivity contribution < 1.29 is 9.53 Å². The van der Waals surface area contributed by atoms with Crippen molar-refractivity contribution >= 4 is 17.5 Å². The lowest BCUT2D eigenvalue weighted by atomic mass is 10.1. The fraction of sp³-hybridized carbons (Fsp3) is 0.190. The number of methoxy groups -OCH3 is 1. The number of nitrogens with zero attached hydrogens (tertiary/aromatic N) is 3. The van der Waals surface area contributed by atoms with E-state index in [4.69, 9.17) is 4.74 Å². The summed E-state index contributed by atoms with van der Waals surface area (Å²) in [7, 11) is 1.60. The zero-order chi connectivity index (χ0) is 19.2. The number of rotatable bonds is 8. The molecule has 0 amide bonds. The summed E-state index contributed by atoms with van der Waals surface area (Å²) in [5.41, 5.74) is 1.63. The maximum atomic E-state index is 12.8. The summed E-state index contributed by atoms with van der Waals surface area (Å²) in [5, 5.41) is 9.04. The Labute approximate surface area is 163 Å². The number of aromatic nitrogens is 3. The first-order valence-electron chi connectivity index (χ1n) is 8.58. The lowest BCUT2D eigenvalue weighted by molar-refractivity contribution is 0.0994. The van der Waals surface area contributed by atoms with E-state index in [0.717, 1.165) is 17.1 Å². The predicted molar refractivity (Wildman–Crippen MR) is 108 cm³/mol. The van der Waals surface area contributed by atoms with E-state index in [9.17, 15) is 4.79 Å². The molecule has 0 radical (unpaired) electrons. The third-order valence-corrected chi connectivity index (χ3v) is 5.17. The minimum absolute atomic E-state index is 0.0390. The van der Waals surface area contributed by atoms with Gasteiger partial charge in [0.2, 0.25) is 0 Å². The van der Waals surface area contributed by atoms with Gasteiger partial charge in [0.1, 0.15) is 5.75 Å². The topological polar surface area (TPSA) is 57.0 Å². The number of carbonyl (C=O) groups excluding carboxylic acids is 1. The number of hydrogen-bond acceptors (Lipinski definition) is 5. The van der Waals surface area contributed by atoms with Crippen LogP contribution in [-0.4, -0.2) is 32.9 Å². The van der Waals surface area contributed by atoms with Crippen LogP contribution in [0.1, 0.15) is 17.3 Å².